The van der Waals surface area contributed by atoms with Crippen LogP contribution < -0.4 is 5.90 Å². The average Bonchev–Trinajstić information content (AvgIpc) is 2.67. The topological polar surface area (TPSA) is 187 Å². The number of rotatable bonds is 9. The Morgan fingerprint density at radius 3 is 2.29 bits per heavy atom. The van der Waals surface area contributed by atoms with E-state index >= 15 is 0 Å². The fraction of sp³-hybridized carbons (Fsp3) is 0.875. The van der Waals surface area contributed by atoms with Gasteiger partial charge in [0.15, 0.2) is 7.28 Å². The van der Waals surface area contributed by atoms with E-state index in [1.54, 1.807) is 0 Å². The van der Waals surface area contributed by atoms with Crippen molar-refractivity contribution in [1.82, 2.24) is 0 Å². The Morgan fingerprint density at radius 1 is 1.25 bits per heavy atom. The average molecular weight is 411 g/mol. The molecule has 6 unspecified atom stereocenters. The summed E-state index contributed by atoms with van der Waals surface area (Å²) in [6, 6.07) is -0.161. The maximum atomic E-state index is 11.4. The van der Waals surface area contributed by atoms with Gasteiger partial charge in [0.25, 0.3) is 7.57 Å². The lowest BCUT2D eigenvalue weighted by Gasteiger charge is -2.24. The van der Waals surface area contributed by atoms with Gasteiger partial charge in [-0.3, -0.25) is 4.84 Å². The van der Waals surface area contributed by atoms with Gasteiger partial charge in [-0.1, -0.05) is 13.7 Å². The number of phosphoric acid groups is 2. The van der Waals surface area contributed by atoms with Gasteiger partial charge in [-0.15, -0.1) is 0 Å². The molecular formula is C8H21BNO11P3. The van der Waals surface area contributed by atoms with Gasteiger partial charge in [0.05, 0.1) is 6.61 Å². The fourth-order valence-corrected chi connectivity index (χ4v) is 5.63. The molecule has 0 saturated carbocycles. The first-order chi connectivity index (χ1) is 10.8. The molecule has 1 heterocycles. The van der Waals surface area contributed by atoms with Crippen molar-refractivity contribution < 1.29 is 51.4 Å². The third-order valence-electron chi connectivity index (χ3n) is 3.26. The van der Waals surface area contributed by atoms with Gasteiger partial charge in [0.1, 0.15) is 12.2 Å². The molecule has 0 aromatic heterocycles. The molecule has 0 aromatic rings. The highest BCUT2D eigenvalue weighted by Crippen LogP contribution is 2.66. The molecule has 24 heavy (non-hydrogen) atoms. The van der Waals surface area contributed by atoms with Gasteiger partial charge in [-0.2, -0.15) is 4.31 Å². The molecule has 1 saturated heterocycles. The van der Waals surface area contributed by atoms with Crippen molar-refractivity contribution in [2.45, 2.75) is 32.0 Å². The molecule has 0 radical (unpaired) electrons. The molecule has 6 N–H and O–H groups in total. The van der Waals surface area contributed by atoms with Crippen molar-refractivity contribution >= 4 is 36.8 Å². The minimum atomic E-state index is -5.32. The fourth-order valence-electron chi connectivity index (χ4n) is 2.31. The summed E-state index contributed by atoms with van der Waals surface area (Å²) in [7, 11) is -14.1. The smallest absolute Gasteiger partial charge is 0.378 e. The van der Waals surface area contributed by atoms with Crippen LogP contribution in [0.25, 0.3) is 0 Å². The molecule has 0 aliphatic carbocycles. The minimum Gasteiger partial charge on any atom is -0.378 e. The standard InChI is InChI=1S/C8H21BNO11P3/c1-5-7(19-10)6(18-8(5)9-2)4-17-22(3,11)20-24(15,16)21-23(12,13)14/h5-9,11H,3-4,10H2,1-2H3,(H,15,16)(H2,12,13,14). The van der Waals surface area contributed by atoms with Crippen LogP contribution in [0.2, 0.25) is 6.82 Å². The number of hydrogen-bond acceptors (Lipinski definition) is 9. The number of ether oxygens (including phenoxy) is 1. The third-order valence-corrected chi connectivity index (χ3v) is 7.34. The van der Waals surface area contributed by atoms with E-state index in [0.29, 0.717) is 7.28 Å². The van der Waals surface area contributed by atoms with Crippen LogP contribution >= 0.6 is 23.2 Å². The van der Waals surface area contributed by atoms with Crippen LogP contribution in [0.15, 0.2) is 0 Å². The van der Waals surface area contributed by atoms with Crippen LogP contribution in [0.3, 0.4) is 0 Å². The predicted octanol–water partition coefficient (Wildman–Crippen LogP) is -0.479. The molecule has 0 aromatic carbocycles. The van der Waals surface area contributed by atoms with E-state index in [1.807, 2.05) is 13.7 Å². The second-order valence-corrected chi connectivity index (χ2v) is 9.89. The maximum absolute atomic E-state index is 11.4. The lowest BCUT2D eigenvalue weighted by molar-refractivity contribution is -0.0398. The zero-order valence-corrected chi connectivity index (χ0v) is 15.7. The molecule has 1 aliphatic rings. The molecule has 12 nitrogen and oxygen atoms in total. The Balaban J connectivity index is 2.66. The normalized spacial score (nSPS) is 33.0. The molecule has 142 valence electrons. The Labute approximate surface area is 139 Å². The lowest BCUT2D eigenvalue weighted by atomic mass is 9.69. The second kappa shape index (κ2) is 8.41. The van der Waals surface area contributed by atoms with E-state index < -0.39 is 35.4 Å². The Bertz CT molecular complexity index is 569. The molecular weight excluding hydrogens is 390 g/mol. The highest BCUT2D eigenvalue weighted by molar-refractivity contribution is 7.70. The second-order valence-electron chi connectivity index (χ2n) is 5.14. The minimum absolute atomic E-state index is 0.0623. The van der Waals surface area contributed by atoms with Crippen molar-refractivity contribution in [1.29, 1.82) is 0 Å². The van der Waals surface area contributed by atoms with Gasteiger partial charge < -0.3 is 28.8 Å². The van der Waals surface area contributed by atoms with Crippen LogP contribution in [0, 0.1) is 5.92 Å². The van der Waals surface area contributed by atoms with Gasteiger partial charge in [-0.25, -0.2) is 19.3 Å². The summed E-state index contributed by atoms with van der Waals surface area (Å²) in [4.78, 5) is 40.8. The van der Waals surface area contributed by atoms with E-state index in [-0.39, 0.29) is 18.5 Å². The van der Waals surface area contributed by atoms with E-state index in [9.17, 15) is 18.9 Å². The highest BCUT2D eigenvalue weighted by Gasteiger charge is 2.43. The van der Waals surface area contributed by atoms with Crippen LogP contribution in [-0.2, 0) is 31.8 Å². The third kappa shape index (κ3) is 6.97. The quantitative estimate of drug-likeness (QED) is 0.187. The van der Waals surface area contributed by atoms with E-state index in [4.69, 9.17) is 29.8 Å². The Morgan fingerprint density at radius 2 is 1.83 bits per heavy atom. The van der Waals surface area contributed by atoms with E-state index in [0.717, 1.165) is 0 Å². The summed E-state index contributed by atoms with van der Waals surface area (Å²) in [5.41, 5.74) is 0. The molecule has 1 rings (SSSR count). The molecule has 0 bridgehead atoms. The van der Waals surface area contributed by atoms with Crippen molar-refractivity contribution in [2.24, 2.45) is 11.8 Å². The summed E-state index contributed by atoms with van der Waals surface area (Å²) in [5.74, 6) is 5.15. The van der Waals surface area contributed by atoms with Gasteiger partial charge >= 0.3 is 15.6 Å². The summed E-state index contributed by atoms with van der Waals surface area (Å²) < 4.78 is 40.3. The van der Waals surface area contributed by atoms with Crippen molar-refractivity contribution in [3.63, 3.8) is 0 Å². The zero-order chi connectivity index (χ0) is 18.8. The van der Waals surface area contributed by atoms with E-state index in [2.05, 4.69) is 14.9 Å². The zero-order valence-electron chi connectivity index (χ0n) is 13.0. The molecule has 16 heteroatoms. The monoisotopic (exact) mass is 411 g/mol. The largest absolute Gasteiger partial charge is 0.487 e. The Kier molecular flexibility index (Phi) is 7.87. The van der Waals surface area contributed by atoms with Crippen LogP contribution in [0.1, 0.15) is 6.92 Å². The molecule has 1 fully saturated rings. The first-order valence-electron chi connectivity index (χ1n) is 6.73. The van der Waals surface area contributed by atoms with Gasteiger partial charge in [0.2, 0.25) is 0 Å². The first kappa shape index (κ1) is 22.5. The lowest BCUT2D eigenvalue weighted by Crippen LogP contribution is -2.34. The van der Waals surface area contributed by atoms with Gasteiger partial charge in [0, 0.05) is 11.9 Å². The molecule has 0 amide bonds. The van der Waals surface area contributed by atoms with Gasteiger partial charge in [-0.05, 0) is 6.30 Å². The van der Waals surface area contributed by atoms with Crippen LogP contribution in [0.4, 0.5) is 0 Å². The summed E-state index contributed by atoms with van der Waals surface area (Å²) in [6.07, 6.45) is 1.83. The van der Waals surface area contributed by atoms with Crippen molar-refractivity contribution in [3.05, 3.63) is 0 Å². The van der Waals surface area contributed by atoms with Crippen molar-refractivity contribution in [2.75, 3.05) is 6.61 Å². The highest BCUT2D eigenvalue weighted by atomic mass is 31.3. The van der Waals surface area contributed by atoms with Crippen LogP contribution in [-0.4, -0.2) is 58.0 Å². The summed E-state index contributed by atoms with van der Waals surface area (Å²) >= 11 is 0. The molecule has 1 aliphatic heterocycles. The summed E-state index contributed by atoms with van der Waals surface area (Å²) in [5, 5.41) is 0. The van der Waals surface area contributed by atoms with Crippen molar-refractivity contribution in [3.8, 4) is 0 Å². The Hall–Kier alpha value is 0.425. The van der Waals surface area contributed by atoms with Crippen LogP contribution in [0.5, 0.6) is 0 Å². The number of nitrogens with two attached hydrogens (primary N) is 1. The maximum Gasteiger partial charge on any atom is 0.487 e. The summed E-state index contributed by atoms with van der Waals surface area (Å²) in [6.45, 7) is 3.41. The predicted molar refractivity (Wildman–Crippen MR) is 86.1 cm³/mol. The SMILES string of the molecule is C=P(O)(OCC1OC(BC)C(C)C1ON)OP(=O)(O)OP(=O)(O)O. The molecule has 0 spiro atoms. The first-order valence-corrected chi connectivity index (χ1v) is 11.5. The van der Waals surface area contributed by atoms with E-state index in [1.165, 1.54) is 0 Å². The number of hydrogen-bond donors (Lipinski definition) is 5. The molecule has 6 atom stereocenters.